The second-order valence-corrected chi connectivity index (χ2v) is 4.85. The number of carbonyl (C=O) groups is 2. The number of anilines is 2. The Kier molecular flexibility index (Phi) is 5.71. The van der Waals surface area contributed by atoms with Gasteiger partial charge in [0.25, 0.3) is 5.91 Å². The topological polar surface area (TPSA) is 79.5 Å². The van der Waals surface area contributed by atoms with Crippen molar-refractivity contribution in [1.82, 2.24) is 5.32 Å². The average Bonchev–Trinajstić information content (AvgIpc) is 2.55. The van der Waals surface area contributed by atoms with E-state index in [4.69, 9.17) is 4.74 Å². The van der Waals surface area contributed by atoms with Crippen LogP contribution in [0.15, 0.2) is 48.5 Å². The van der Waals surface area contributed by atoms with Gasteiger partial charge in [0.05, 0.1) is 13.7 Å². The van der Waals surface area contributed by atoms with Gasteiger partial charge in [0.15, 0.2) is 0 Å². The van der Waals surface area contributed by atoms with Gasteiger partial charge < -0.3 is 20.7 Å². The van der Waals surface area contributed by atoms with Crippen LogP contribution in [0.5, 0.6) is 5.75 Å². The fourth-order valence-electron chi connectivity index (χ4n) is 2.01. The Morgan fingerprint density at radius 1 is 1.00 bits per heavy atom. The van der Waals surface area contributed by atoms with Crippen LogP contribution >= 0.6 is 0 Å². The zero-order valence-electron chi connectivity index (χ0n) is 13.1. The fraction of sp³-hybridized carbons (Fsp3) is 0.176. The molecule has 0 spiro atoms. The molecule has 120 valence electrons. The summed E-state index contributed by atoms with van der Waals surface area (Å²) in [5, 5.41) is 8.28. The predicted octanol–water partition coefficient (Wildman–Crippen LogP) is 2.11. The summed E-state index contributed by atoms with van der Waals surface area (Å²) in [6.07, 6.45) is 0. The van der Waals surface area contributed by atoms with Crippen LogP contribution in [0, 0.1) is 0 Å². The molecule has 6 heteroatoms. The molecule has 2 amide bonds. The van der Waals surface area contributed by atoms with Gasteiger partial charge in [0.2, 0.25) is 5.91 Å². The molecule has 0 aliphatic heterocycles. The second-order valence-electron chi connectivity index (χ2n) is 4.85. The number of nitrogens with one attached hydrogen (secondary N) is 3. The molecule has 0 saturated carbocycles. The van der Waals surface area contributed by atoms with E-state index >= 15 is 0 Å². The molecular weight excluding hydrogens is 294 g/mol. The number of benzene rings is 2. The summed E-state index contributed by atoms with van der Waals surface area (Å²) in [5.74, 6) is 0.233. The molecule has 0 bridgehead atoms. The van der Waals surface area contributed by atoms with Gasteiger partial charge in [-0.2, -0.15) is 0 Å². The lowest BCUT2D eigenvalue weighted by Gasteiger charge is -2.09. The van der Waals surface area contributed by atoms with Crippen LogP contribution in [0.2, 0.25) is 0 Å². The average molecular weight is 313 g/mol. The Hall–Kier alpha value is -2.86. The number of hydrogen-bond donors (Lipinski definition) is 3. The van der Waals surface area contributed by atoms with Crippen molar-refractivity contribution < 1.29 is 14.3 Å². The van der Waals surface area contributed by atoms with Crippen molar-refractivity contribution in [2.75, 3.05) is 31.3 Å². The van der Waals surface area contributed by atoms with Crippen molar-refractivity contribution in [2.24, 2.45) is 0 Å². The van der Waals surface area contributed by atoms with Gasteiger partial charge in [0.1, 0.15) is 5.75 Å². The molecule has 0 atom stereocenters. The Bertz CT molecular complexity index is 701. The first-order valence-electron chi connectivity index (χ1n) is 7.12. The van der Waals surface area contributed by atoms with Crippen LogP contribution in [0.3, 0.4) is 0 Å². The number of ether oxygens (including phenoxy) is 1. The third-order valence-electron chi connectivity index (χ3n) is 3.07. The number of hydrogen-bond acceptors (Lipinski definition) is 4. The first kappa shape index (κ1) is 16.5. The molecule has 2 aromatic rings. The molecule has 0 saturated heterocycles. The summed E-state index contributed by atoms with van der Waals surface area (Å²) >= 11 is 0. The lowest BCUT2D eigenvalue weighted by molar-refractivity contribution is -0.115. The van der Waals surface area contributed by atoms with Crippen molar-refractivity contribution in [3.63, 3.8) is 0 Å². The van der Waals surface area contributed by atoms with Gasteiger partial charge in [-0.05, 0) is 37.4 Å². The molecule has 23 heavy (non-hydrogen) atoms. The maximum atomic E-state index is 12.3. The molecule has 3 N–H and O–H groups in total. The van der Waals surface area contributed by atoms with E-state index in [9.17, 15) is 9.59 Å². The maximum absolute atomic E-state index is 12.3. The molecule has 0 radical (unpaired) electrons. The van der Waals surface area contributed by atoms with Gasteiger partial charge >= 0.3 is 0 Å². The summed E-state index contributed by atoms with van der Waals surface area (Å²) < 4.78 is 5.12. The third-order valence-corrected chi connectivity index (χ3v) is 3.07. The molecule has 0 aromatic heterocycles. The molecule has 0 aliphatic rings. The van der Waals surface area contributed by atoms with Crippen LogP contribution < -0.4 is 20.7 Å². The monoisotopic (exact) mass is 313 g/mol. The summed E-state index contributed by atoms with van der Waals surface area (Å²) in [4.78, 5) is 23.9. The first-order chi connectivity index (χ1) is 11.1. The molecular formula is C17H19N3O3. The highest BCUT2D eigenvalue weighted by Crippen LogP contribution is 2.18. The molecule has 0 aliphatic carbocycles. The van der Waals surface area contributed by atoms with Crippen molar-refractivity contribution in [2.45, 2.75) is 0 Å². The van der Waals surface area contributed by atoms with E-state index in [0.29, 0.717) is 22.7 Å². The Balaban J connectivity index is 2.08. The van der Waals surface area contributed by atoms with Crippen LogP contribution in [0.4, 0.5) is 11.4 Å². The summed E-state index contributed by atoms with van der Waals surface area (Å²) in [5.41, 5.74) is 1.66. The maximum Gasteiger partial charge on any atom is 0.255 e. The Morgan fingerprint density at radius 2 is 1.70 bits per heavy atom. The van der Waals surface area contributed by atoms with Gasteiger partial charge in [-0.3, -0.25) is 9.59 Å². The van der Waals surface area contributed by atoms with Gasteiger partial charge in [-0.25, -0.2) is 0 Å². The molecule has 0 heterocycles. The smallest absolute Gasteiger partial charge is 0.255 e. The van der Waals surface area contributed by atoms with E-state index in [1.807, 2.05) is 0 Å². The number of amides is 2. The lowest BCUT2D eigenvalue weighted by Crippen LogP contribution is -2.25. The van der Waals surface area contributed by atoms with E-state index in [-0.39, 0.29) is 18.4 Å². The summed E-state index contributed by atoms with van der Waals surface area (Å²) in [6.45, 7) is 0.209. The minimum atomic E-state index is -0.261. The van der Waals surface area contributed by atoms with Gasteiger partial charge in [-0.1, -0.05) is 12.1 Å². The van der Waals surface area contributed by atoms with Crippen LogP contribution in [-0.2, 0) is 4.79 Å². The van der Waals surface area contributed by atoms with Crippen molar-refractivity contribution >= 4 is 23.2 Å². The van der Waals surface area contributed by atoms with Crippen molar-refractivity contribution in [1.29, 1.82) is 0 Å². The highest BCUT2D eigenvalue weighted by Gasteiger charge is 2.08. The molecule has 2 aromatic carbocycles. The zero-order chi connectivity index (χ0) is 16.7. The number of rotatable bonds is 6. The van der Waals surface area contributed by atoms with Gasteiger partial charge in [-0.15, -0.1) is 0 Å². The predicted molar refractivity (Wildman–Crippen MR) is 89.9 cm³/mol. The minimum Gasteiger partial charge on any atom is -0.497 e. The molecule has 0 unspecified atom stereocenters. The van der Waals surface area contributed by atoms with Crippen molar-refractivity contribution in [3.05, 3.63) is 54.1 Å². The quantitative estimate of drug-likeness (QED) is 0.763. The first-order valence-corrected chi connectivity index (χ1v) is 7.12. The van der Waals surface area contributed by atoms with Crippen LogP contribution in [0.25, 0.3) is 0 Å². The highest BCUT2D eigenvalue weighted by molar-refractivity contribution is 6.05. The van der Waals surface area contributed by atoms with E-state index in [1.165, 1.54) is 0 Å². The van der Waals surface area contributed by atoms with E-state index < -0.39 is 0 Å². The zero-order valence-corrected chi connectivity index (χ0v) is 13.1. The molecule has 2 rings (SSSR count). The van der Waals surface area contributed by atoms with E-state index in [2.05, 4.69) is 16.0 Å². The Morgan fingerprint density at radius 3 is 2.39 bits per heavy atom. The number of methoxy groups -OCH3 is 1. The highest BCUT2D eigenvalue weighted by atomic mass is 16.5. The second kappa shape index (κ2) is 7.95. The van der Waals surface area contributed by atoms with Crippen LogP contribution in [0.1, 0.15) is 10.4 Å². The number of carbonyl (C=O) groups excluding carboxylic acids is 2. The van der Waals surface area contributed by atoms with Gasteiger partial charge in [0, 0.05) is 23.0 Å². The minimum absolute atomic E-state index is 0.169. The number of likely N-dealkylation sites (N-methyl/N-ethyl adjacent to an activating group) is 1. The molecule has 0 fully saturated rings. The fourth-order valence-corrected chi connectivity index (χ4v) is 2.01. The van der Waals surface area contributed by atoms with Crippen molar-refractivity contribution in [3.8, 4) is 5.75 Å². The summed E-state index contributed by atoms with van der Waals surface area (Å²) in [6, 6.07) is 13.9. The standard InChI is InChI=1S/C17H19N3O3/c1-18-11-16(21)19-13-6-3-5-12(9-13)17(22)20-14-7-4-8-15(10-14)23-2/h3-10,18H,11H2,1-2H3,(H,19,21)(H,20,22). The van der Waals surface area contributed by atoms with E-state index in [1.54, 1.807) is 62.7 Å². The normalized spacial score (nSPS) is 10.0. The van der Waals surface area contributed by atoms with Crippen LogP contribution in [-0.4, -0.2) is 32.5 Å². The lowest BCUT2D eigenvalue weighted by atomic mass is 10.1. The SMILES string of the molecule is CNCC(=O)Nc1cccc(C(=O)Nc2cccc(OC)c2)c1. The van der Waals surface area contributed by atoms with E-state index in [0.717, 1.165) is 0 Å². The summed E-state index contributed by atoms with van der Waals surface area (Å²) in [7, 11) is 3.26. The third kappa shape index (κ3) is 4.82. The Labute approximate surface area is 134 Å². The molecule has 6 nitrogen and oxygen atoms in total. The largest absolute Gasteiger partial charge is 0.497 e.